The van der Waals surface area contributed by atoms with Crippen LogP contribution in [0.4, 0.5) is 13.2 Å². The van der Waals surface area contributed by atoms with E-state index in [2.05, 4.69) is 5.32 Å². The first-order chi connectivity index (χ1) is 9.32. The van der Waals surface area contributed by atoms with Crippen LogP contribution in [-0.2, 0) is 17.4 Å². The van der Waals surface area contributed by atoms with Crippen molar-refractivity contribution in [3.05, 3.63) is 35.4 Å². The molecule has 0 spiro atoms. The molecule has 1 aromatic carbocycles. The summed E-state index contributed by atoms with van der Waals surface area (Å²) in [6.45, 7) is 2.37. The Bertz CT molecular complexity index is 431. The van der Waals surface area contributed by atoms with Gasteiger partial charge in [-0.2, -0.15) is 13.2 Å². The van der Waals surface area contributed by atoms with Crippen molar-refractivity contribution in [3.8, 4) is 0 Å². The first-order valence-electron chi connectivity index (χ1n) is 6.39. The molecule has 1 atom stereocenters. The number of alkyl halides is 4. The zero-order valence-corrected chi connectivity index (χ0v) is 11.9. The molecule has 0 aliphatic heterocycles. The average molecular weight is 308 g/mol. The molecule has 0 bridgehead atoms. The van der Waals surface area contributed by atoms with E-state index >= 15 is 0 Å². The van der Waals surface area contributed by atoms with E-state index in [0.29, 0.717) is 12.1 Å². The van der Waals surface area contributed by atoms with Gasteiger partial charge in [0.05, 0.1) is 17.4 Å². The predicted octanol–water partition coefficient (Wildman–Crippen LogP) is 3.77. The third-order valence-corrected chi connectivity index (χ3v) is 3.14. The van der Waals surface area contributed by atoms with Gasteiger partial charge in [-0.25, -0.2) is 0 Å². The van der Waals surface area contributed by atoms with Gasteiger partial charge in [0.1, 0.15) is 0 Å². The highest BCUT2D eigenvalue weighted by Gasteiger charge is 2.29. The molecular weight excluding hydrogens is 291 g/mol. The number of rotatable bonds is 6. The van der Waals surface area contributed by atoms with Gasteiger partial charge in [-0.15, -0.1) is 11.6 Å². The molecule has 0 saturated heterocycles. The first kappa shape index (κ1) is 16.8. The van der Waals surface area contributed by atoms with Crippen LogP contribution < -0.4 is 5.32 Å². The lowest BCUT2D eigenvalue weighted by Gasteiger charge is -2.10. The normalized spacial score (nSPS) is 13.1. The third kappa shape index (κ3) is 5.82. The summed E-state index contributed by atoms with van der Waals surface area (Å²) in [5.41, 5.74) is -0.178. The van der Waals surface area contributed by atoms with E-state index in [1.54, 1.807) is 0 Å². The van der Waals surface area contributed by atoms with Crippen LogP contribution in [0.1, 0.15) is 30.9 Å². The number of halogens is 4. The van der Waals surface area contributed by atoms with E-state index in [1.807, 2.05) is 6.92 Å². The number of hydrogen-bond donors (Lipinski definition) is 1. The van der Waals surface area contributed by atoms with Crippen LogP contribution in [0.5, 0.6) is 0 Å². The van der Waals surface area contributed by atoms with Crippen LogP contribution in [0.3, 0.4) is 0 Å². The number of nitrogens with one attached hydrogen (secondary N) is 1. The number of benzene rings is 1. The van der Waals surface area contributed by atoms with Crippen molar-refractivity contribution >= 4 is 17.5 Å². The molecule has 0 aliphatic carbocycles. The van der Waals surface area contributed by atoms with Gasteiger partial charge in [-0.05, 0) is 24.1 Å². The van der Waals surface area contributed by atoms with E-state index in [-0.39, 0.29) is 17.7 Å². The van der Waals surface area contributed by atoms with Gasteiger partial charge in [0.2, 0.25) is 5.91 Å². The molecule has 112 valence electrons. The molecule has 20 heavy (non-hydrogen) atoms. The lowest BCUT2D eigenvalue weighted by Crippen LogP contribution is -2.30. The van der Waals surface area contributed by atoms with Crippen molar-refractivity contribution in [2.45, 2.75) is 37.7 Å². The summed E-state index contributed by atoms with van der Waals surface area (Å²) in [4.78, 5) is 11.6. The summed E-state index contributed by atoms with van der Waals surface area (Å²) < 4.78 is 37.1. The maximum Gasteiger partial charge on any atom is 0.416 e. The smallest absolute Gasteiger partial charge is 0.354 e. The van der Waals surface area contributed by atoms with Gasteiger partial charge in [0, 0.05) is 6.54 Å². The van der Waals surface area contributed by atoms with Gasteiger partial charge in [-0.3, -0.25) is 4.79 Å². The Kier molecular flexibility index (Phi) is 6.33. The molecule has 1 unspecified atom stereocenters. The molecule has 1 rings (SSSR count). The highest BCUT2D eigenvalue weighted by molar-refractivity contribution is 6.20. The zero-order valence-electron chi connectivity index (χ0n) is 11.1. The summed E-state index contributed by atoms with van der Waals surface area (Å²) in [5.74, 6) is -0.244. The fourth-order valence-electron chi connectivity index (χ4n) is 1.70. The second-order valence-corrected chi connectivity index (χ2v) is 5.18. The molecule has 2 nitrogen and oxygen atoms in total. The summed E-state index contributed by atoms with van der Waals surface area (Å²) in [5, 5.41) is 2.55. The van der Waals surface area contributed by atoms with Crippen molar-refractivity contribution < 1.29 is 18.0 Å². The Morgan fingerprint density at radius 3 is 2.40 bits per heavy atom. The van der Waals surface area contributed by atoms with Crippen LogP contribution >= 0.6 is 11.6 Å². The summed E-state index contributed by atoms with van der Waals surface area (Å²) >= 11 is 5.96. The summed E-state index contributed by atoms with van der Waals surface area (Å²) in [6, 6.07) is 4.58. The maximum absolute atomic E-state index is 12.4. The van der Waals surface area contributed by atoms with Crippen LogP contribution in [-0.4, -0.2) is 17.8 Å². The van der Waals surface area contributed by atoms with E-state index in [1.165, 1.54) is 12.1 Å². The Labute approximate surface area is 121 Å². The number of amides is 1. The van der Waals surface area contributed by atoms with Crippen molar-refractivity contribution in [2.75, 3.05) is 6.54 Å². The average Bonchev–Trinajstić information content (AvgIpc) is 2.36. The summed E-state index contributed by atoms with van der Waals surface area (Å²) in [6.07, 6.45) is -2.56. The first-order valence-corrected chi connectivity index (χ1v) is 6.83. The van der Waals surface area contributed by atoms with Crippen molar-refractivity contribution in [1.29, 1.82) is 0 Å². The monoisotopic (exact) mass is 307 g/mol. The molecule has 6 heteroatoms. The highest BCUT2D eigenvalue weighted by Crippen LogP contribution is 2.29. The van der Waals surface area contributed by atoms with E-state index in [9.17, 15) is 18.0 Å². The lowest BCUT2D eigenvalue weighted by molar-refractivity contribution is -0.137. The minimum Gasteiger partial charge on any atom is -0.354 e. The molecule has 0 saturated carbocycles. The van der Waals surface area contributed by atoms with Gasteiger partial charge in [0.15, 0.2) is 0 Å². The Morgan fingerprint density at radius 2 is 1.90 bits per heavy atom. The van der Waals surface area contributed by atoms with Gasteiger partial charge in [-0.1, -0.05) is 25.5 Å². The molecule has 0 radical (unpaired) electrons. The number of carbonyl (C=O) groups excluding carboxylic acids is 1. The van der Waals surface area contributed by atoms with Crippen LogP contribution in [0.2, 0.25) is 0 Å². The lowest BCUT2D eigenvalue weighted by atomic mass is 10.1. The SMILES string of the molecule is CCCC(Cl)CNC(=O)Cc1ccc(C(F)(F)F)cc1. The maximum atomic E-state index is 12.4. The number of carbonyl (C=O) groups is 1. The van der Waals surface area contributed by atoms with E-state index < -0.39 is 11.7 Å². The van der Waals surface area contributed by atoms with E-state index in [4.69, 9.17) is 11.6 Å². The fourth-order valence-corrected chi connectivity index (χ4v) is 1.99. The van der Waals surface area contributed by atoms with Crippen LogP contribution in [0, 0.1) is 0 Å². The molecule has 0 fully saturated rings. The molecule has 0 aliphatic rings. The van der Waals surface area contributed by atoms with Crippen molar-refractivity contribution in [3.63, 3.8) is 0 Å². The third-order valence-electron chi connectivity index (χ3n) is 2.77. The Morgan fingerprint density at radius 1 is 1.30 bits per heavy atom. The van der Waals surface area contributed by atoms with Gasteiger partial charge in [0.25, 0.3) is 0 Å². The zero-order chi connectivity index (χ0) is 15.2. The van der Waals surface area contributed by atoms with Gasteiger partial charge >= 0.3 is 6.18 Å². The minimum atomic E-state index is -4.35. The molecule has 1 N–H and O–H groups in total. The molecule has 0 heterocycles. The molecule has 0 aromatic heterocycles. The standard InChI is InChI=1S/C14H17ClF3NO/c1-2-3-12(15)9-19-13(20)8-10-4-6-11(7-5-10)14(16,17)18/h4-7,12H,2-3,8-9H2,1H3,(H,19,20). The Balaban J connectivity index is 2.46. The quantitative estimate of drug-likeness (QED) is 0.796. The van der Waals surface area contributed by atoms with Crippen LogP contribution in [0.15, 0.2) is 24.3 Å². The Hall–Kier alpha value is -1.23. The second-order valence-electron chi connectivity index (χ2n) is 4.56. The van der Waals surface area contributed by atoms with Crippen molar-refractivity contribution in [2.24, 2.45) is 0 Å². The largest absolute Gasteiger partial charge is 0.416 e. The second kappa shape index (κ2) is 7.53. The summed E-state index contributed by atoms with van der Waals surface area (Å²) in [7, 11) is 0. The van der Waals surface area contributed by atoms with E-state index in [0.717, 1.165) is 25.0 Å². The highest BCUT2D eigenvalue weighted by atomic mass is 35.5. The molecule has 1 aromatic rings. The number of hydrogen-bond acceptors (Lipinski definition) is 1. The minimum absolute atomic E-state index is 0.0495. The van der Waals surface area contributed by atoms with Crippen molar-refractivity contribution in [1.82, 2.24) is 5.32 Å². The predicted molar refractivity (Wildman–Crippen MR) is 72.7 cm³/mol. The molecule has 1 amide bonds. The van der Waals surface area contributed by atoms with Gasteiger partial charge < -0.3 is 5.32 Å². The fraction of sp³-hybridized carbons (Fsp3) is 0.500. The topological polar surface area (TPSA) is 29.1 Å². The van der Waals surface area contributed by atoms with Crippen LogP contribution in [0.25, 0.3) is 0 Å². The molecular formula is C14H17ClF3NO.